The van der Waals surface area contributed by atoms with Crippen molar-refractivity contribution in [2.75, 3.05) is 13.1 Å². The van der Waals surface area contributed by atoms with Crippen LogP contribution in [-0.4, -0.2) is 24.0 Å². The van der Waals surface area contributed by atoms with Crippen LogP contribution in [0.2, 0.25) is 0 Å². The van der Waals surface area contributed by atoms with E-state index in [1.165, 1.54) is 15.6 Å². The molecule has 2 N–H and O–H groups in total. The second-order valence-electron chi connectivity index (χ2n) is 5.25. The molecule has 0 saturated carbocycles. The van der Waals surface area contributed by atoms with Gasteiger partial charge < -0.3 is 5.73 Å². The third-order valence-corrected chi connectivity index (χ3v) is 4.55. The van der Waals surface area contributed by atoms with Crippen LogP contribution in [0.1, 0.15) is 24.5 Å². The van der Waals surface area contributed by atoms with E-state index in [4.69, 9.17) is 5.73 Å². The average molecular weight is 297 g/mol. The van der Waals surface area contributed by atoms with Crippen molar-refractivity contribution in [3.63, 3.8) is 0 Å². The van der Waals surface area contributed by atoms with Crippen LogP contribution >= 0.6 is 15.9 Å². The fourth-order valence-corrected chi connectivity index (χ4v) is 2.81. The molecule has 1 aromatic carbocycles. The van der Waals surface area contributed by atoms with Crippen LogP contribution in [0.25, 0.3) is 0 Å². The van der Waals surface area contributed by atoms with Crippen molar-refractivity contribution in [1.82, 2.24) is 4.90 Å². The van der Waals surface area contributed by atoms with E-state index in [2.05, 4.69) is 52.9 Å². The number of nitrogens with zero attached hydrogens (tertiary/aromatic N) is 1. The number of rotatable bonds is 2. The molecule has 3 heteroatoms. The molecule has 1 saturated heterocycles. The lowest BCUT2D eigenvalue weighted by molar-refractivity contribution is 0.158. The number of hydrogen-bond acceptors (Lipinski definition) is 2. The van der Waals surface area contributed by atoms with Crippen LogP contribution in [-0.2, 0) is 6.54 Å². The molecule has 1 heterocycles. The zero-order valence-electron chi connectivity index (χ0n) is 10.6. The molecular formula is C14H21BrN2. The molecule has 0 bridgehead atoms. The van der Waals surface area contributed by atoms with E-state index < -0.39 is 0 Å². The molecule has 0 aromatic heterocycles. The number of aryl methyl sites for hydroxylation is 1. The minimum Gasteiger partial charge on any atom is -0.327 e. The first-order valence-electron chi connectivity index (χ1n) is 6.29. The smallest absolute Gasteiger partial charge is 0.0234 e. The SMILES string of the molecule is Cc1ccc(CN2CCC(N)C(C)C2)cc1Br. The quantitative estimate of drug-likeness (QED) is 0.909. The summed E-state index contributed by atoms with van der Waals surface area (Å²) in [6.45, 7) is 7.65. The van der Waals surface area contributed by atoms with E-state index in [0.29, 0.717) is 12.0 Å². The normalized spacial score (nSPS) is 26.1. The van der Waals surface area contributed by atoms with Gasteiger partial charge in [0.1, 0.15) is 0 Å². The predicted octanol–water partition coefficient (Wildman–Crippen LogP) is 2.93. The van der Waals surface area contributed by atoms with Gasteiger partial charge in [-0.2, -0.15) is 0 Å². The summed E-state index contributed by atoms with van der Waals surface area (Å²) in [4.78, 5) is 2.51. The highest BCUT2D eigenvalue weighted by Crippen LogP contribution is 2.21. The monoisotopic (exact) mass is 296 g/mol. The molecule has 0 radical (unpaired) electrons. The van der Waals surface area contributed by atoms with Gasteiger partial charge in [0, 0.05) is 23.6 Å². The lowest BCUT2D eigenvalue weighted by Gasteiger charge is -2.35. The first kappa shape index (κ1) is 13.1. The summed E-state index contributed by atoms with van der Waals surface area (Å²) < 4.78 is 1.21. The lowest BCUT2D eigenvalue weighted by atomic mass is 9.94. The van der Waals surface area contributed by atoms with E-state index in [1.807, 2.05) is 0 Å². The molecular weight excluding hydrogens is 276 g/mol. The van der Waals surface area contributed by atoms with E-state index in [9.17, 15) is 0 Å². The first-order valence-corrected chi connectivity index (χ1v) is 7.08. The van der Waals surface area contributed by atoms with Crippen molar-refractivity contribution in [3.05, 3.63) is 33.8 Å². The topological polar surface area (TPSA) is 29.3 Å². The minimum atomic E-state index is 0.385. The van der Waals surface area contributed by atoms with Crippen molar-refractivity contribution in [2.24, 2.45) is 11.7 Å². The molecule has 94 valence electrons. The summed E-state index contributed by atoms with van der Waals surface area (Å²) in [5, 5.41) is 0. The molecule has 0 aliphatic carbocycles. The van der Waals surface area contributed by atoms with Crippen LogP contribution in [0.15, 0.2) is 22.7 Å². The fourth-order valence-electron chi connectivity index (χ4n) is 2.39. The Bertz CT molecular complexity index is 392. The molecule has 2 unspecified atom stereocenters. The van der Waals surface area contributed by atoms with Gasteiger partial charge in [-0.3, -0.25) is 4.90 Å². The predicted molar refractivity (Wildman–Crippen MR) is 75.9 cm³/mol. The van der Waals surface area contributed by atoms with Gasteiger partial charge in [-0.05, 0) is 43.0 Å². The van der Waals surface area contributed by atoms with E-state index >= 15 is 0 Å². The maximum atomic E-state index is 6.04. The average Bonchev–Trinajstić information content (AvgIpc) is 2.29. The van der Waals surface area contributed by atoms with Gasteiger partial charge in [-0.25, -0.2) is 0 Å². The Balaban J connectivity index is 1.99. The van der Waals surface area contributed by atoms with Gasteiger partial charge in [0.25, 0.3) is 0 Å². The van der Waals surface area contributed by atoms with Crippen LogP contribution in [0.4, 0.5) is 0 Å². The van der Waals surface area contributed by atoms with Gasteiger partial charge in [0.05, 0.1) is 0 Å². The Labute approximate surface area is 112 Å². The molecule has 0 amide bonds. The lowest BCUT2D eigenvalue weighted by Crippen LogP contribution is -2.45. The highest BCUT2D eigenvalue weighted by molar-refractivity contribution is 9.10. The summed E-state index contributed by atoms with van der Waals surface area (Å²) in [7, 11) is 0. The maximum Gasteiger partial charge on any atom is 0.0234 e. The van der Waals surface area contributed by atoms with E-state index in [0.717, 1.165) is 26.1 Å². The molecule has 1 aliphatic heterocycles. The Hall–Kier alpha value is -0.380. The van der Waals surface area contributed by atoms with Gasteiger partial charge in [0.15, 0.2) is 0 Å². The number of piperidine rings is 1. The number of nitrogens with two attached hydrogens (primary N) is 1. The summed E-state index contributed by atoms with van der Waals surface area (Å²) in [6.07, 6.45) is 1.12. The Morgan fingerprint density at radius 3 is 2.88 bits per heavy atom. The fraction of sp³-hybridized carbons (Fsp3) is 0.571. The maximum absolute atomic E-state index is 6.04. The summed E-state index contributed by atoms with van der Waals surface area (Å²) in [5.41, 5.74) is 8.72. The number of benzene rings is 1. The molecule has 1 fully saturated rings. The summed E-state index contributed by atoms with van der Waals surface area (Å²) in [6, 6.07) is 7.02. The minimum absolute atomic E-state index is 0.385. The first-order chi connectivity index (χ1) is 8.06. The molecule has 2 rings (SSSR count). The third-order valence-electron chi connectivity index (χ3n) is 3.70. The van der Waals surface area contributed by atoms with Crippen LogP contribution in [0.3, 0.4) is 0 Å². The number of likely N-dealkylation sites (tertiary alicyclic amines) is 1. The third kappa shape index (κ3) is 3.30. The molecule has 1 aromatic rings. The number of halogens is 1. The number of hydrogen-bond donors (Lipinski definition) is 1. The van der Waals surface area contributed by atoms with E-state index in [1.54, 1.807) is 0 Å². The highest BCUT2D eigenvalue weighted by atomic mass is 79.9. The Kier molecular flexibility index (Phi) is 4.23. The second kappa shape index (κ2) is 5.51. The Morgan fingerprint density at radius 2 is 2.24 bits per heavy atom. The van der Waals surface area contributed by atoms with Gasteiger partial charge in [-0.1, -0.05) is 35.0 Å². The van der Waals surface area contributed by atoms with Crippen molar-refractivity contribution < 1.29 is 0 Å². The van der Waals surface area contributed by atoms with Crippen LogP contribution in [0.5, 0.6) is 0 Å². The van der Waals surface area contributed by atoms with Gasteiger partial charge in [0.2, 0.25) is 0 Å². The largest absolute Gasteiger partial charge is 0.327 e. The van der Waals surface area contributed by atoms with Gasteiger partial charge >= 0.3 is 0 Å². The van der Waals surface area contributed by atoms with Crippen molar-refractivity contribution >= 4 is 15.9 Å². The van der Waals surface area contributed by atoms with Crippen LogP contribution in [0, 0.1) is 12.8 Å². The second-order valence-corrected chi connectivity index (χ2v) is 6.10. The zero-order chi connectivity index (χ0) is 12.4. The molecule has 17 heavy (non-hydrogen) atoms. The zero-order valence-corrected chi connectivity index (χ0v) is 12.2. The highest BCUT2D eigenvalue weighted by Gasteiger charge is 2.22. The van der Waals surface area contributed by atoms with E-state index in [-0.39, 0.29) is 0 Å². The van der Waals surface area contributed by atoms with Crippen molar-refractivity contribution in [3.8, 4) is 0 Å². The molecule has 0 spiro atoms. The van der Waals surface area contributed by atoms with Crippen LogP contribution < -0.4 is 5.73 Å². The summed E-state index contributed by atoms with van der Waals surface area (Å²) in [5.74, 6) is 0.609. The van der Waals surface area contributed by atoms with Gasteiger partial charge in [-0.15, -0.1) is 0 Å². The molecule has 2 atom stereocenters. The summed E-state index contributed by atoms with van der Waals surface area (Å²) >= 11 is 3.59. The molecule has 2 nitrogen and oxygen atoms in total. The van der Waals surface area contributed by atoms with Crippen molar-refractivity contribution in [1.29, 1.82) is 0 Å². The Morgan fingerprint density at radius 1 is 1.47 bits per heavy atom. The standard InChI is InChI=1S/C14H21BrN2/c1-10-3-4-12(7-13(10)15)9-17-6-5-14(16)11(2)8-17/h3-4,7,11,14H,5-6,8-9,16H2,1-2H3. The molecule has 1 aliphatic rings. The van der Waals surface area contributed by atoms with Crippen molar-refractivity contribution in [2.45, 2.75) is 32.9 Å².